The third-order valence-corrected chi connectivity index (χ3v) is 3.47. The van der Waals surface area contributed by atoms with Crippen molar-refractivity contribution in [2.75, 3.05) is 5.75 Å². The predicted molar refractivity (Wildman–Crippen MR) is 64.9 cm³/mol. The van der Waals surface area contributed by atoms with Gasteiger partial charge in [-0.2, -0.15) is 5.26 Å². The van der Waals surface area contributed by atoms with Crippen molar-refractivity contribution in [1.82, 2.24) is 0 Å². The van der Waals surface area contributed by atoms with Crippen LogP contribution in [0.2, 0.25) is 0 Å². The number of nitriles is 1. The molecule has 0 aliphatic heterocycles. The predicted octanol–water partition coefficient (Wildman–Crippen LogP) is 3.66. The zero-order valence-corrected chi connectivity index (χ0v) is 10.4. The molecule has 3 heteroatoms. The second-order valence-electron chi connectivity index (χ2n) is 2.60. The third-order valence-electron chi connectivity index (χ3n) is 1.52. The zero-order chi connectivity index (χ0) is 9.68. The third kappa shape index (κ3) is 3.20. The van der Waals surface area contributed by atoms with Gasteiger partial charge in [-0.3, -0.25) is 0 Å². The topological polar surface area (TPSA) is 23.8 Å². The van der Waals surface area contributed by atoms with Crippen LogP contribution in [0.5, 0.6) is 0 Å². The Balaban J connectivity index is 2.88. The highest BCUT2D eigenvalue weighted by atomic mass is 127. The number of nitrogens with zero attached hydrogens (tertiary/aromatic N) is 1. The molecule has 1 rings (SSSR count). The van der Waals surface area contributed by atoms with Crippen molar-refractivity contribution in [3.8, 4) is 6.07 Å². The van der Waals surface area contributed by atoms with Gasteiger partial charge in [-0.1, -0.05) is 6.92 Å². The Kier molecular flexibility index (Phi) is 4.60. The standard InChI is InChI=1S/C10H10INS/c1-2-5-13-10-4-3-9(11)6-8(10)7-12/h3-4,6H,2,5H2,1H3. The SMILES string of the molecule is CCCSc1ccc(I)cc1C#N. The average Bonchev–Trinajstić information content (AvgIpc) is 2.16. The van der Waals surface area contributed by atoms with Gasteiger partial charge in [-0.05, 0) is 53.0 Å². The Bertz CT molecular complexity index is 330. The van der Waals surface area contributed by atoms with Crippen molar-refractivity contribution in [3.05, 3.63) is 27.3 Å². The first kappa shape index (κ1) is 10.9. The fourth-order valence-electron chi connectivity index (χ4n) is 0.927. The van der Waals surface area contributed by atoms with E-state index in [0.29, 0.717) is 0 Å². The Morgan fingerprint density at radius 1 is 1.54 bits per heavy atom. The van der Waals surface area contributed by atoms with Crippen LogP contribution in [0.25, 0.3) is 0 Å². The van der Waals surface area contributed by atoms with Crippen molar-refractivity contribution in [2.24, 2.45) is 0 Å². The van der Waals surface area contributed by atoms with Crippen LogP contribution in [0.3, 0.4) is 0 Å². The van der Waals surface area contributed by atoms with Crippen molar-refractivity contribution in [1.29, 1.82) is 5.26 Å². The molecule has 13 heavy (non-hydrogen) atoms. The molecule has 0 heterocycles. The molecule has 0 aromatic heterocycles. The quantitative estimate of drug-likeness (QED) is 0.628. The molecule has 1 aromatic rings. The number of rotatable bonds is 3. The van der Waals surface area contributed by atoms with Gasteiger partial charge in [0.05, 0.1) is 5.56 Å². The van der Waals surface area contributed by atoms with E-state index in [1.165, 1.54) is 0 Å². The van der Waals surface area contributed by atoms with Gasteiger partial charge in [0.25, 0.3) is 0 Å². The minimum Gasteiger partial charge on any atom is -0.192 e. The van der Waals surface area contributed by atoms with Gasteiger partial charge in [-0.15, -0.1) is 11.8 Å². The van der Waals surface area contributed by atoms with Crippen LogP contribution in [0, 0.1) is 14.9 Å². The van der Waals surface area contributed by atoms with E-state index in [2.05, 4.69) is 35.6 Å². The van der Waals surface area contributed by atoms with Crippen LogP contribution < -0.4 is 0 Å². The molecule has 1 nitrogen and oxygen atoms in total. The van der Waals surface area contributed by atoms with Gasteiger partial charge in [0.2, 0.25) is 0 Å². The first-order valence-corrected chi connectivity index (χ1v) is 6.16. The normalized spacial score (nSPS) is 9.62. The summed E-state index contributed by atoms with van der Waals surface area (Å²) in [7, 11) is 0. The molecular formula is C10H10INS. The molecule has 0 unspecified atom stereocenters. The van der Waals surface area contributed by atoms with E-state index in [1.54, 1.807) is 11.8 Å². The number of thioether (sulfide) groups is 1. The van der Waals surface area contributed by atoms with Gasteiger partial charge in [0.1, 0.15) is 6.07 Å². The van der Waals surface area contributed by atoms with Crippen molar-refractivity contribution in [2.45, 2.75) is 18.2 Å². The summed E-state index contributed by atoms with van der Waals surface area (Å²) in [5, 5.41) is 8.88. The molecular weight excluding hydrogens is 293 g/mol. The first-order valence-electron chi connectivity index (χ1n) is 4.10. The Hall–Kier alpha value is -0.210. The van der Waals surface area contributed by atoms with E-state index in [-0.39, 0.29) is 0 Å². The van der Waals surface area contributed by atoms with Crippen LogP contribution in [-0.4, -0.2) is 5.75 Å². The molecule has 0 fully saturated rings. The molecule has 0 aliphatic carbocycles. The second-order valence-corrected chi connectivity index (χ2v) is 4.98. The Morgan fingerprint density at radius 3 is 2.92 bits per heavy atom. The van der Waals surface area contributed by atoms with E-state index < -0.39 is 0 Å². The smallest absolute Gasteiger partial charge is 0.100 e. The highest BCUT2D eigenvalue weighted by Gasteiger charge is 2.01. The lowest BCUT2D eigenvalue weighted by Crippen LogP contribution is -1.84. The van der Waals surface area contributed by atoms with Gasteiger partial charge in [0, 0.05) is 8.47 Å². The Morgan fingerprint density at radius 2 is 2.31 bits per heavy atom. The maximum atomic E-state index is 8.88. The highest BCUT2D eigenvalue weighted by Crippen LogP contribution is 2.24. The maximum Gasteiger partial charge on any atom is 0.100 e. The summed E-state index contributed by atoms with van der Waals surface area (Å²) in [5.41, 5.74) is 0.797. The van der Waals surface area contributed by atoms with Gasteiger partial charge in [-0.25, -0.2) is 0 Å². The van der Waals surface area contributed by atoms with E-state index in [4.69, 9.17) is 5.26 Å². The average molecular weight is 303 g/mol. The fraction of sp³-hybridized carbons (Fsp3) is 0.300. The summed E-state index contributed by atoms with van der Waals surface area (Å²) in [4.78, 5) is 1.10. The summed E-state index contributed by atoms with van der Waals surface area (Å²) in [6.07, 6.45) is 1.14. The molecule has 1 aromatic carbocycles. The second kappa shape index (κ2) is 5.51. The Labute approximate surface area is 96.7 Å². The number of benzene rings is 1. The summed E-state index contributed by atoms with van der Waals surface area (Å²) >= 11 is 3.98. The largest absolute Gasteiger partial charge is 0.192 e. The summed E-state index contributed by atoms with van der Waals surface area (Å²) in [5.74, 6) is 1.08. The van der Waals surface area contributed by atoms with E-state index in [0.717, 1.165) is 26.2 Å². The maximum absolute atomic E-state index is 8.88. The van der Waals surface area contributed by atoms with Crippen LogP contribution in [0.4, 0.5) is 0 Å². The molecule has 0 bridgehead atoms. The zero-order valence-electron chi connectivity index (χ0n) is 7.38. The molecule has 68 valence electrons. The highest BCUT2D eigenvalue weighted by molar-refractivity contribution is 14.1. The molecule has 0 aliphatic rings. The van der Waals surface area contributed by atoms with Crippen LogP contribution >= 0.6 is 34.4 Å². The molecule has 0 amide bonds. The van der Waals surface area contributed by atoms with Crippen molar-refractivity contribution in [3.63, 3.8) is 0 Å². The number of hydrogen-bond acceptors (Lipinski definition) is 2. The van der Waals surface area contributed by atoms with Gasteiger partial charge >= 0.3 is 0 Å². The van der Waals surface area contributed by atoms with Gasteiger partial charge < -0.3 is 0 Å². The van der Waals surface area contributed by atoms with Crippen LogP contribution in [0.15, 0.2) is 23.1 Å². The molecule has 0 saturated carbocycles. The minimum atomic E-state index is 0.797. The first-order chi connectivity index (χ1) is 6.27. The lowest BCUT2D eigenvalue weighted by Gasteiger charge is -2.02. The number of hydrogen-bond donors (Lipinski definition) is 0. The molecule has 0 N–H and O–H groups in total. The lowest BCUT2D eigenvalue weighted by atomic mass is 10.2. The summed E-state index contributed by atoms with van der Waals surface area (Å²) < 4.78 is 1.12. The van der Waals surface area contributed by atoms with E-state index >= 15 is 0 Å². The molecule has 0 spiro atoms. The summed E-state index contributed by atoms with van der Waals surface area (Å²) in [6, 6.07) is 8.22. The molecule has 0 radical (unpaired) electrons. The molecule has 0 atom stereocenters. The van der Waals surface area contributed by atoms with Crippen LogP contribution in [-0.2, 0) is 0 Å². The fourth-order valence-corrected chi connectivity index (χ4v) is 2.27. The van der Waals surface area contributed by atoms with E-state index in [9.17, 15) is 0 Å². The minimum absolute atomic E-state index is 0.797. The summed E-state index contributed by atoms with van der Waals surface area (Å²) in [6.45, 7) is 2.14. The lowest BCUT2D eigenvalue weighted by molar-refractivity contribution is 1.10. The van der Waals surface area contributed by atoms with Crippen molar-refractivity contribution >= 4 is 34.4 Å². The number of halogens is 1. The van der Waals surface area contributed by atoms with Gasteiger partial charge in [0.15, 0.2) is 0 Å². The molecule has 0 saturated heterocycles. The monoisotopic (exact) mass is 303 g/mol. The van der Waals surface area contributed by atoms with Crippen molar-refractivity contribution < 1.29 is 0 Å². The van der Waals surface area contributed by atoms with Crippen LogP contribution in [0.1, 0.15) is 18.9 Å². The van der Waals surface area contributed by atoms with E-state index in [1.807, 2.05) is 18.2 Å².